The van der Waals surface area contributed by atoms with Crippen molar-refractivity contribution in [2.24, 2.45) is 0 Å². The quantitative estimate of drug-likeness (QED) is 0.582. The van der Waals surface area contributed by atoms with Crippen LogP contribution in [0.4, 0.5) is 18.9 Å². The Morgan fingerprint density at radius 3 is 2.67 bits per heavy atom. The average molecular weight is 410 g/mol. The van der Waals surface area contributed by atoms with Crippen molar-refractivity contribution >= 4 is 34.7 Å². The number of hydrogen-bond acceptors (Lipinski definition) is 4. The number of halogens is 3. The van der Waals surface area contributed by atoms with Crippen LogP contribution < -0.4 is 10.9 Å². The van der Waals surface area contributed by atoms with Crippen molar-refractivity contribution in [3.05, 3.63) is 80.4 Å². The lowest BCUT2D eigenvalue weighted by Gasteiger charge is -2.11. The third kappa shape index (κ3) is 4.81. The summed E-state index contributed by atoms with van der Waals surface area (Å²) in [5.74, 6) is 0.0145. The molecule has 0 bridgehead atoms. The minimum Gasteiger partial charge on any atom is -0.327 e. The van der Waals surface area contributed by atoms with Gasteiger partial charge >= 0.3 is 6.18 Å². The Morgan fingerprint density at radius 1 is 1.19 bits per heavy atom. The minimum absolute atomic E-state index is 0.288. The number of alkyl halides is 3. The molecule has 0 aliphatic rings. The number of nitrogens with one attached hydrogen (secondary N) is 2. The Balaban J connectivity index is 1.82. The highest BCUT2D eigenvalue weighted by Crippen LogP contribution is 2.30. The van der Waals surface area contributed by atoms with Gasteiger partial charge in [0.2, 0.25) is 0 Å². The Kier molecular flexibility index (Phi) is 5.71. The van der Waals surface area contributed by atoms with Crippen LogP contribution >= 0.6 is 23.1 Å². The third-order valence-electron chi connectivity index (χ3n) is 3.56. The van der Waals surface area contributed by atoms with Gasteiger partial charge in [-0.15, -0.1) is 23.1 Å². The Labute approximate surface area is 160 Å². The van der Waals surface area contributed by atoms with Gasteiger partial charge in [0.25, 0.3) is 11.5 Å². The first-order chi connectivity index (χ1) is 12.8. The average Bonchev–Trinajstić information content (AvgIpc) is 3.14. The van der Waals surface area contributed by atoms with E-state index < -0.39 is 28.9 Å². The summed E-state index contributed by atoms with van der Waals surface area (Å²) in [6.07, 6.45) is -4.05. The van der Waals surface area contributed by atoms with Crippen molar-refractivity contribution in [1.82, 2.24) is 4.98 Å². The summed E-state index contributed by atoms with van der Waals surface area (Å²) in [4.78, 5) is 28.1. The summed E-state index contributed by atoms with van der Waals surface area (Å²) < 4.78 is 38.5. The minimum atomic E-state index is -4.63. The molecule has 0 aliphatic carbocycles. The first-order valence-electron chi connectivity index (χ1n) is 7.70. The molecule has 140 valence electrons. The van der Waals surface area contributed by atoms with Crippen LogP contribution in [0.15, 0.2) is 63.7 Å². The van der Waals surface area contributed by atoms with E-state index in [0.717, 1.165) is 4.88 Å². The van der Waals surface area contributed by atoms with Crippen molar-refractivity contribution in [2.45, 2.75) is 16.8 Å². The number of aromatic amines is 1. The fourth-order valence-corrected chi connectivity index (χ4v) is 4.08. The molecule has 0 saturated heterocycles. The van der Waals surface area contributed by atoms with Gasteiger partial charge < -0.3 is 10.3 Å². The van der Waals surface area contributed by atoms with Crippen LogP contribution in [-0.4, -0.2) is 10.9 Å². The van der Waals surface area contributed by atoms with Crippen LogP contribution in [0.3, 0.4) is 0 Å². The van der Waals surface area contributed by atoms with E-state index in [1.807, 2.05) is 22.5 Å². The van der Waals surface area contributed by atoms with E-state index in [-0.39, 0.29) is 5.56 Å². The van der Waals surface area contributed by atoms with Gasteiger partial charge in [-0.3, -0.25) is 9.59 Å². The molecule has 0 unspecified atom stereocenters. The number of aromatic nitrogens is 1. The van der Waals surface area contributed by atoms with Crippen LogP contribution in [-0.2, 0) is 11.9 Å². The smallest absolute Gasteiger partial charge is 0.327 e. The van der Waals surface area contributed by atoms with Crippen LogP contribution in [0.25, 0.3) is 0 Å². The van der Waals surface area contributed by atoms with Gasteiger partial charge in [-0.1, -0.05) is 18.2 Å². The molecule has 0 spiro atoms. The third-order valence-corrected chi connectivity index (χ3v) is 5.74. The Bertz CT molecular complexity index is 998. The number of pyridine rings is 1. The zero-order valence-corrected chi connectivity index (χ0v) is 15.3. The van der Waals surface area contributed by atoms with Gasteiger partial charge in [0, 0.05) is 21.7 Å². The molecule has 0 saturated carbocycles. The highest BCUT2D eigenvalue weighted by atomic mass is 32.2. The maximum Gasteiger partial charge on any atom is 0.417 e. The topological polar surface area (TPSA) is 62.0 Å². The monoisotopic (exact) mass is 410 g/mol. The van der Waals surface area contributed by atoms with Crippen molar-refractivity contribution in [2.75, 3.05) is 5.32 Å². The van der Waals surface area contributed by atoms with E-state index in [1.54, 1.807) is 35.6 Å². The molecule has 0 radical (unpaired) electrons. The first-order valence-corrected chi connectivity index (χ1v) is 9.56. The van der Waals surface area contributed by atoms with Gasteiger partial charge in [-0.2, -0.15) is 13.2 Å². The highest BCUT2D eigenvalue weighted by Gasteiger charge is 2.31. The number of thiophene rings is 1. The van der Waals surface area contributed by atoms with Crippen molar-refractivity contribution in [3.63, 3.8) is 0 Å². The molecule has 1 amide bonds. The fraction of sp³-hybridized carbons (Fsp3) is 0.111. The van der Waals surface area contributed by atoms with E-state index in [0.29, 0.717) is 22.9 Å². The van der Waals surface area contributed by atoms with Crippen LogP contribution in [0.5, 0.6) is 0 Å². The second kappa shape index (κ2) is 8.01. The molecule has 4 nitrogen and oxygen atoms in total. The Morgan fingerprint density at radius 2 is 1.96 bits per heavy atom. The van der Waals surface area contributed by atoms with Crippen molar-refractivity contribution in [3.8, 4) is 0 Å². The number of carbonyl (C=O) groups excluding carboxylic acids is 1. The van der Waals surface area contributed by atoms with Crippen LogP contribution in [0, 0.1) is 0 Å². The number of thioether (sulfide) groups is 1. The van der Waals surface area contributed by atoms with E-state index in [4.69, 9.17) is 0 Å². The highest BCUT2D eigenvalue weighted by molar-refractivity contribution is 7.98. The molecule has 3 aromatic rings. The normalized spacial score (nSPS) is 11.4. The second-order valence-electron chi connectivity index (χ2n) is 5.45. The number of H-pyrrole nitrogens is 1. The molecular weight excluding hydrogens is 397 g/mol. The summed E-state index contributed by atoms with van der Waals surface area (Å²) in [6, 6.07) is 11.3. The van der Waals surface area contributed by atoms with E-state index in [1.165, 1.54) is 11.8 Å². The predicted molar refractivity (Wildman–Crippen MR) is 100 cm³/mol. The lowest BCUT2D eigenvalue weighted by Crippen LogP contribution is -2.21. The van der Waals surface area contributed by atoms with Crippen molar-refractivity contribution in [1.29, 1.82) is 0 Å². The number of hydrogen-bond donors (Lipinski definition) is 2. The molecular formula is C18H13F3N2O2S2. The first kappa shape index (κ1) is 19.2. The largest absolute Gasteiger partial charge is 0.417 e. The number of benzene rings is 1. The van der Waals surface area contributed by atoms with Gasteiger partial charge in [-0.25, -0.2) is 0 Å². The molecule has 0 aliphatic heterocycles. The maximum absolute atomic E-state index is 12.8. The molecule has 1 aromatic carbocycles. The van der Waals surface area contributed by atoms with Gasteiger partial charge in [0.15, 0.2) is 0 Å². The van der Waals surface area contributed by atoms with Crippen molar-refractivity contribution < 1.29 is 18.0 Å². The molecule has 0 fully saturated rings. The van der Waals surface area contributed by atoms with Gasteiger partial charge in [-0.05, 0) is 29.6 Å². The molecule has 3 rings (SSSR count). The maximum atomic E-state index is 12.8. The SMILES string of the molecule is O=C(Nc1cc(C(F)(F)F)c[nH]c1=O)c1ccccc1SCc1cccs1. The number of amides is 1. The molecule has 2 N–H and O–H groups in total. The zero-order valence-electron chi connectivity index (χ0n) is 13.7. The number of rotatable bonds is 5. The summed E-state index contributed by atoms with van der Waals surface area (Å²) in [5.41, 5.74) is -2.01. The Hall–Kier alpha value is -2.52. The molecule has 0 atom stereocenters. The van der Waals surface area contributed by atoms with Gasteiger partial charge in [0.1, 0.15) is 5.69 Å². The zero-order chi connectivity index (χ0) is 19.4. The molecule has 2 heterocycles. The van der Waals surface area contributed by atoms with Crippen LogP contribution in [0.2, 0.25) is 0 Å². The van der Waals surface area contributed by atoms with Crippen LogP contribution in [0.1, 0.15) is 20.8 Å². The summed E-state index contributed by atoms with van der Waals surface area (Å²) in [5, 5.41) is 4.23. The predicted octanol–water partition coefficient (Wildman–Crippen LogP) is 5.00. The molecule has 2 aromatic heterocycles. The summed E-state index contributed by atoms with van der Waals surface area (Å²) >= 11 is 3.03. The van der Waals surface area contributed by atoms with Gasteiger partial charge in [0.05, 0.1) is 11.1 Å². The molecule has 9 heteroatoms. The number of anilines is 1. The summed E-state index contributed by atoms with van der Waals surface area (Å²) in [7, 11) is 0. The lowest BCUT2D eigenvalue weighted by atomic mass is 10.2. The molecule has 27 heavy (non-hydrogen) atoms. The standard InChI is InChI=1S/C18H13F3N2O2S2/c19-18(20,21)11-8-14(17(25)22-9-11)23-16(24)13-5-1-2-6-15(13)27-10-12-4-3-7-26-12/h1-9H,10H2,(H,22,25)(H,23,24). The van der Waals surface area contributed by atoms with E-state index in [2.05, 4.69) is 5.32 Å². The summed E-state index contributed by atoms with van der Waals surface area (Å²) in [6.45, 7) is 0. The number of carbonyl (C=O) groups is 1. The fourth-order valence-electron chi connectivity index (χ4n) is 2.25. The lowest BCUT2D eigenvalue weighted by molar-refractivity contribution is -0.137. The van der Waals surface area contributed by atoms with E-state index in [9.17, 15) is 22.8 Å². The van der Waals surface area contributed by atoms with E-state index >= 15 is 0 Å². The second-order valence-corrected chi connectivity index (χ2v) is 7.50.